The number of hydrogen-bond donors (Lipinski definition) is 3. The van der Waals surface area contributed by atoms with Crippen LogP contribution in [0, 0.1) is 18.3 Å². The van der Waals surface area contributed by atoms with Crippen LogP contribution in [0.5, 0.6) is 17.4 Å². The van der Waals surface area contributed by atoms with Crippen LogP contribution in [-0.2, 0) is 0 Å². The number of methoxy groups -OCH3 is 1. The summed E-state index contributed by atoms with van der Waals surface area (Å²) in [5, 5.41) is 26.3. The maximum absolute atomic E-state index is 10.0. The van der Waals surface area contributed by atoms with Gasteiger partial charge in [-0.15, -0.1) is 5.10 Å². The van der Waals surface area contributed by atoms with E-state index < -0.39 is 5.92 Å². The number of nitrogens with two attached hydrogens (primary N) is 1. The standard InChI is InChI=1S/C15H14N4O3/c1-7-12-13(8-3-4-11(21-2)10(20)5-8)9(6-16)14(17)22-15(12)19-18-7/h3-5,13,20H,17H2,1-2H3,(H,18,19). The van der Waals surface area contributed by atoms with Gasteiger partial charge in [0.15, 0.2) is 11.5 Å². The molecule has 3 rings (SSSR count). The van der Waals surface area contributed by atoms with Crippen molar-refractivity contribution in [1.29, 1.82) is 5.26 Å². The molecule has 0 saturated heterocycles. The number of ether oxygens (including phenoxy) is 2. The van der Waals surface area contributed by atoms with Gasteiger partial charge in [0, 0.05) is 11.3 Å². The zero-order valence-electron chi connectivity index (χ0n) is 12.0. The first-order valence-corrected chi connectivity index (χ1v) is 6.56. The molecule has 0 saturated carbocycles. The van der Waals surface area contributed by atoms with E-state index >= 15 is 0 Å². The SMILES string of the molecule is COc1ccc(C2C(C#N)=C(N)Oc3n[nH]c(C)c32)cc1O. The molecular formula is C15H14N4O3. The summed E-state index contributed by atoms with van der Waals surface area (Å²) >= 11 is 0. The first kappa shape index (κ1) is 13.8. The van der Waals surface area contributed by atoms with Crippen molar-refractivity contribution in [2.75, 3.05) is 7.11 Å². The van der Waals surface area contributed by atoms with E-state index in [2.05, 4.69) is 16.3 Å². The average molecular weight is 298 g/mol. The maximum Gasteiger partial charge on any atom is 0.244 e. The van der Waals surface area contributed by atoms with E-state index in [0.29, 0.717) is 17.2 Å². The highest BCUT2D eigenvalue weighted by Crippen LogP contribution is 2.44. The topological polar surface area (TPSA) is 117 Å². The molecule has 0 aliphatic carbocycles. The highest BCUT2D eigenvalue weighted by Gasteiger charge is 2.34. The number of phenols is 1. The zero-order chi connectivity index (χ0) is 15.9. The number of rotatable bonds is 2. The summed E-state index contributed by atoms with van der Waals surface area (Å²) in [5.41, 5.74) is 8.31. The number of hydrogen-bond acceptors (Lipinski definition) is 6. The van der Waals surface area contributed by atoms with Crippen molar-refractivity contribution in [3.8, 4) is 23.4 Å². The van der Waals surface area contributed by atoms with Crippen molar-refractivity contribution in [1.82, 2.24) is 10.2 Å². The summed E-state index contributed by atoms with van der Waals surface area (Å²) in [6.45, 7) is 1.84. The predicted octanol–water partition coefficient (Wildman–Crippen LogP) is 1.65. The molecule has 1 aliphatic heterocycles. The average Bonchev–Trinajstić information content (AvgIpc) is 2.86. The van der Waals surface area contributed by atoms with Crippen molar-refractivity contribution in [2.45, 2.75) is 12.8 Å². The fourth-order valence-electron chi connectivity index (χ4n) is 2.62. The van der Waals surface area contributed by atoms with Gasteiger partial charge in [-0.2, -0.15) is 5.26 Å². The molecular weight excluding hydrogens is 284 g/mol. The van der Waals surface area contributed by atoms with Crippen LogP contribution in [0.4, 0.5) is 0 Å². The molecule has 1 aromatic heterocycles. The van der Waals surface area contributed by atoms with Crippen molar-refractivity contribution in [3.05, 3.63) is 46.5 Å². The highest BCUT2D eigenvalue weighted by molar-refractivity contribution is 5.57. The minimum absolute atomic E-state index is 0.00921. The molecule has 1 aliphatic rings. The van der Waals surface area contributed by atoms with Crippen LogP contribution in [0.15, 0.2) is 29.7 Å². The van der Waals surface area contributed by atoms with Gasteiger partial charge in [-0.05, 0) is 24.6 Å². The number of aromatic nitrogens is 2. The van der Waals surface area contributed by atoms with Gasteiger partial charge in [0.1, 0.15) is 11.6 Å². The normalized spacial score (nSPS) is 16.7. The number of phenolic OH excluding ortho intramolecular Hbond substituents is 1. The van der Waals surface area contributed by atoms with Crippen LogP contribution in [0.1, 0.15) is 22.7 Å². The number of nitrogens with zero attached hydrogens (tertiary/aromatic N) is 2. The number of nitriles is 1. The molecule has 0 fully saturated rings. The van der Waals surface area contributed by atoms with E-state index in [1.54, 1.807) is 18.2 Å². The molecule has 0 spiro atoms. The van der Waals surface area contributed by atoms with E-state index in [-0.39, 0.29) is 17.2 Å². The molecule has 0 radical (unpaired) electrons. The van der Waals surface area contributed by atoms with E-state index in [9.17, 15) is 10.4 Å². The first-order valence-electron chi connectivity index (χ1n) is 6.56. The van der Waals surface area contributed by atoms with Crippen LogP contribution in [0.2, 0.25) is 0 Å². The van der Waals surface area contributed by atoms with Gasteiger partial charge in [-0.25, -0.2) is 0 Å². The Balaban J connectivity index is 2.21. The molecule has 4 N–H and O–H groups in total. The van der Waals surface area contributed by atoms with Crippen molar-refractivity contribution in [3.63, 3.8) is 0 Å². The fourth-order valence-corrected chi connectivity index (χ4v) is 2.62. The zero-order valence-corrected chi connectivity index (χ0v) is 12.0. The second-order valence-electron chi connectivity index (χ2n) is 4.92. The Labute approximate surface area is 126 Å². The number of fused-ring (bicyclic) bond motifs is 1. The van der Waals surface area contributed by atoms with Gasteiger partial charge in [-0.1, -0.05) is 6.07 Å². The van der Waals surface area contributed by atoms with Crippen LogP contribution >= 0.6 is 0 Å². The van der Waals surface area contributed by atoms with Crippen molar-refractivity contribution >= 4 is 0 Å². The highest BCUT2D eigenvalue weighted by atomic mass is 16.5. The summed E-state index contributed by atoms with van der Waals surface area (Å²) in [4.78, 5) is 0. The third-order valence-electron chi connectivity index (χ3n) is 3.67. The third kappa shape index (κ3) is 1.93. The number of benzene rings is 1. The van der Waals surface area contributed by atoms with Gasteiger partial charge in [0.2, 0.25) is 11.8 Å². The number of aryl methyl sites for hydroxylation is 1. The molecule has 112 valence electrons. The second-order valence-corrected chi connectivity index (χ2v) is 4.92. The molecule has 1 aromatic carbocycles. The first-order chi connectivity index (χ1) is 10.6. The maximum atomic E-state index is 10.0. The Morgan fingerprint density at radius 1 is 1.50 bits per heavy atom. The molecule has 1 atom stereocenters. The summed E-state index contributed by atoms with van der Waals surface area (Å²) in [7, 11) is 1.47. The largest absolute Gasteiger partial charge is 0.504 e. The lowest BCUT2D eigenvalue weighted by molar-refractivity contribution is 0.371. The molecule has 2 aromatic rings. The minimum Gasteiger partial charge on any atom is -0.504 e. The Bertz CT molecular complexity index is 817. The minimum atomic E-state index is -0.454. The van der Waals surface area contributed by atoms with Crippen molar-refractivity contribution in [2.24, 2.45) is 5.73 Å². The Hall–Kier alpha value is -3.14. The lowest BCUT2D eigenvalue weighted by Crippen LogP contribution is -2.21. The Morgan fingerprint density at radius 3 is 2.91 bits per heavy atom. The van der Waals surface area contributed by atoms with Gasteiger partial charge < -0.3 is 20.3 Å². The number of H-pyrrole nitrogens is 1. The third-order valence-corrected chi connectivity index (χ3v) is 3.67. The van der Waals surface area contributed by atoms with Crippen molar-refractivity contribution < 1.29 is 14.6 Å². The van der Waals surface area contributed by atoms with Crippen LogP contribution in [0.3, 0.4) is 0 Å². The van der Waals surface area contributed by atoms with Crippen LogP contribution in [0.25, 0.3) is 0 Å². The summed E-state index contributed by atoms with van der Waals surface area (Å²) in [5.74, 6) is 0.251. The lowest BCUT2D eigenvalue weighted by Gasteiger charge is -2.23. The number of nitrogens with one attached hydrogen (secondary N) is 1. The summed E-state index contributed by atoms with van der Waals surface area (Å²) in [6.07, 6.45) is 0. The lowest BCUT2D eigenvalue weighted by atomic mass is 9.84. The predicted molar refractivity (Wildman–Crippen MR) is 77.3 cm³/mol. The van der Waals surface area contributed by atoms with E-state index in [4.69, 9.17) is 15.2 Å². The van der Waals surface area contributed by atoms with E-state index in [0.717, 1.165) is 11.3 Å². The number of aromatic hydroxyl groups is 1. The summed E-state index contributed by atoms with van der Waals surface area (Å²) in [6, 6.07) is 7.05. The van der Waals surface area contributed by atoms with Crippen LogP contribution in [-0.4, -0.2) is 22.4 Å². The van der Waals surface area contributed by atoms with Gasteiger partial charge in [-0.3, -0.25) is 5.10 Å². The fraction of sp³-hybridized carbons (Fsp3) is 0.200. The quantitative estimate of drug-likeness (QED) is 0.776. The Kier molecular flexibility index (Phi) is 3.14. The van der Waals surface area contributed by atoms with E-state index in [1.165, 1.54) is 7.11 Å². The summed E-state index contributed by atoms with van der Waals surface area (Å²) < 4.78 is 10.4. The van der Waals surface area contributed by atoms with Gasteiger partial charge >= 0.3 is 0 Å². The molecule has 22 heavy (non-hydrogen) atoms. The smallest absolute Gasteiger partial charge is 0.244 e. The molecule has 2 heterocycles. The second kappa shape index (κ2) is 5.00. The molecule has 7 nitrogen and oxygen atoms in total. The number of allylic oxidation sites excluding steroid dienone is 1. The number of aromatic amines is 1. The monoisotopic (exact) mass is 298 g/mol. The molecule has 0 amide bonds. The van der Waals surface area contributed by atoms with Gasteiger partial charge in [0.25, 0.3) is 0 Å². The van der Waals surface area contributed by atoms with Gasteiger partial charge in [0.05, 0.1) is 13.0 Å². The Morgan fingerprint density at radius 2 is 2.27 bits per heavy atom. The molecule has 7 heteroatoms. The molecule has 1 unspecified atom stereocenters. The van der Waals surface area contributed by atoms with Crippen LogP contribution < -0.4 is 15.2 Å². The van der Waals surface area contributed by atoms with E-state index in [1.807, 2.05) is 6.92 Å². The molecule has 0 bridgehead atoms.